The zero-order chi connectivity index (χ0) is 32.5. The second-order valence-electron chi connectivity index (χ2n) is 11.2. The molecule has 1 aromatic carbocycles. The molecule has 1 heterocycles. The van der Waals surface area contributed by atoms with Crippen LogP contribution in [-0.4, -0.2) is 65.4 Å². The van der Waals surface area contributed by atoms with Gasteiger partial charge < -0.3 is 21.5 Å². The van der Waals surface area contributed by atoms with E-state index in [0.717, 1.165) is 23.6 Å². The zero-order valence-corrected chi connectivity index (χ0v) is 24.4. The van der Waals surface area contributed by atoms with Crippen LogP contribution in [0.5, 0.6) is 0 Å². The van der Waals surface area contributed by atoms with Crippen molar-refractivity contribution in [3.05, 3.63) is 40.5 Å². The molecule has 2 aromatic rings. The highest BCUT2D eigenvalue weighted by Crippen LogP contribution is 2.42. The molecular formula is C26H33F4N5O7S. The van der Waals surface area contributed by atoms with Crippen molar-refractivity contribution in [1.29, 1.82) is 0 Å². The number of nitrogens with one attached hydrogen (secondary N) is 1. The Balaban J connectivity index is 0.000000934. The molecule has 43 heavy (non-hydrogen) atoms. The molecule has 0 aliphatic heterocycles. The second-order valence-corrected chi connectivity index (χ2v) is 12.7. The Labute approximate surface area is 244 Å². The van der Waals surface area contributed by atoms with Crippen LogP contribution in [0.2, 0.25) is 0 Å². The average Bonchev–Trinajstić information content (AvgIpc) is 3.23. The number of primary amides is 1. The van der Waals surface area contributed by atoms with Crippen LogP contribution in [0, 0.1) is 11.2 Å². The van der Waals surface area contributed by atoms with E-state index in [1.54, 1.807) is 13.8 Å². The largest absolute Gasteiger partial charge is 0.459 e. The number of anilines is 1. The SMILES string of the molecule is CC1(C)CC(=O)c2c(C(F)(F)F)nn(-c3cc(F)c(C(N)=O)c(N[C@H]4CCCC[C@@H]4OC(=O)CN)c3)c2C1.CS(=O)(=O)O. The fraction of sp³-hybridized carbons (Fsp3) is 0.538. The maximum absolute atomic E-state index is 15.3. The van der Waals surface area contributed by atoms with E-state index in [-0.39, 0.29) is 36.5 Å². The molecule has 1 amide bonds. The molecular weight excluding hydrogens is 602 g/mol. The average molecular weight is 636 g/mol. The molecule has 0 unspecified atom stereocenters. The maximum atomic E-state index is 15.3. The number of carbonyl (C=O) groups excluding carboxylic acids is 3. The second kappa shape index (κ2) is 12.6. The van der Waals surface area contributed by atoms with Gasteiger partial charge in [-0.1, -0.05) is 20.3 Å². The summed E-state index contributed by atoms with van der Waals surface area (Å²) < 4.78 is 89.0. The minimum atomic E-state index is -4.92. The Morgan fingerprint density at radius 2 is 1.81 bits per heavy atom. The normalized spacial score (nSPS) is 20.0. The molecule has 2 aliphatic rings. The lowest BCUT2D eigenvalue weighted by Gasteiger charge is -2.33. The highest BCUT2D eigenvalue weighted by molar-refractivity contribution is 7.85. The van der Waals surface area contributed by atoms with Crippen molar-refractivity contribution in [2.45, 2.75) is 70.7 Å². The molecule has 2 aliphatic carbocycles. The van der Waals surface area contributed by atoms with Gasteiger partial charge in [-0.25, -0.2) is 9.07 Å². The topological polar surface area (TPSA) is 197 Å². The molecule has 1 fully saturated rings. The summed E-state index contributed by atoms with van der Waals surface area (Å²) in [6.07, 6.45) is -2.32. The lowest BCUT2D eigenvalue weighted by atomic mass is 9.75. The van der Waals surface area contributed by atoms with Crippen molar-refractivity contribution in [3.8, 4) is 5.69 Å². The van der Waals surface area contributed by atoms with Crippen molar-refractivity contribution in [3.63, 3.8) is 0 Å². The number of ether oxygens (including phenoxy) is 1. The Morgan fingerprint density at radius 3 is 2.37 bits per heavy atom. The highest BCUT2D eigenvalue weighted by atomic mass is 32.2. The minimum Gasteiger partial charge on any atom is -0.459 e. The van der Waals surface area contributed by atoms with Crippen LogP contribution in [0.15, 0.2) is 12.1 Å². The van der Waals surface area contributed by atoms with Gasteiger partial charge >= 0.3 is 12.1 Å². The molecule has 1 saturated carbocycles. The van der Waals surface area contributed by atoms with Crippen molar-refractivity contribution < 1.29 is 49.7 Å². The van der Waals surface area contributed by atoms with Gasteiger partial charge in [-0.2, -0.15) is 26.7 Å². The first-order chi connectivity index (χ1) is 19.7. The Hall–Kier alpha value is -3.57. The number of esters is 1. The monoisotopic (exact) mass is 635 g/mol. The predicted octanol–water partition coefficient (Wildman–Crippen LogP) is 3.01. The third kappa shape index (κ3) is 8.51. The Kier molecular flexibility index (Phi) is 9.92. The number of nitrogens with zero attached hydrogens (tertiary/aromatic N) is 2. The summed E-state index contributed by atoms with van der Waals surface area (Å²) >= 11 is 0. The standard InChI is InChI=1S/C25H29F4N5O4.CH4O3S/c1-24(2)9-16-21(17(35)10-24)22(25(27,28)29)33-34(16)12-7-13(26)20(23(31)37)15(8-12)32-14-5-3-4-6-18(14)38-19(36)11-30;1-5(2,3)4/h7-8,14,18,32H,3-6,9-11,30H2,1-2H3,(H2,31,37);1H3,(H,2,3,4)/t14-,18-;/m0./s1. The van der Waals surface area contributed by atoms with Crippen molar-refractivity contribution in [2.24, 2.45) is 16.9 Å². The van der Waals surface area contributed by atoms with Gasteiger partial charge in [0.05, 0.1) is 47.0 Å². The molecule has 0 spiro atoms. The van der Waals surface area contributed by atoms with E-state index in [1.165, 1.54) is 6.07 Å². The number of hydrogen-bond donors (Lipinski definition) is 4. The molecule has 0 bridgehead atoms. The molecule has 12 nitrogen and oxygen atoms in total. The van der Waals surface area contributed by atoms with Crippen LogP contribution >= 0.6 is 0 Å². The van der Waals surface area contributed by atoms with Crippen molar-refractivity contribution in [1.82, 2.24) is 9.78 Å². The Morgan fingerprint density at radius 1 is 1.21 bits per heavy atom. The van der Waals surface area contributed by atoms with Crippen LogP contribution in [0.1, 0.15) is 78.1 Å². The molecule has 0 saturated heterocycles. The molecule has 6 N–H and O–H groups in total. The number of hydrogen-bond acceptors (Lipinski definition) is 9. The van der Waals surface area contributed by atoms with Crippen LogP contribution < -0.4 is 16.8 Å². The third-order valence-electron chi connectivity index (χ3n) is 6.87. The Bertz CT molecular complexity index is 1510. The van der Waals surface area contributed by atoms with Crippen LogP contribution in [-0.2, 0) is 32.2 Å². The number of rotatable bonds is 6. The highest BCUT2D eigenvalue weighted by Gasteiger charge is 2.45. The number of halogens is 4. The van der Waals surface area contributed by atoms with Gasteiger partial charge in [0.15, 0.2) is 11.5 Å². The van der Waals surface area contributed by atoms with Gasteiger partial charge in [0.25, 0.3) is 16.0 Å². The number of benzene rings is 1. The fourth-order valence-corrected chi connectivity index (χ4v) is 5.26. The lowest BCUT2D eigenvalue weighted by Crippen LogP contribution is -2.41. The predicted molar refractivity (Wildman–Crippen MR) is 146 cm³/mol. The van der Waals surface area contributed by atoms with Crippen LogP contribution in [0.3, 0.4) is 0 Å². The summed E-state index contributed by atoms with van der Waals surface area (Å²) in [5.41, 5.74) is 7.54. The molecule has 238 valence electrons. The molecule has 4 rings (SSSR count). The quantitative estimate of drug-likeness (QED) is 0.208. The summed E-state index contributed by atoms with van der Waals surface area (Å²) in [6, 6.07) is 1.58. The van der Waals surface area contributed by atoms with Gasteiger partial charge in [-0.3, -0.25) is 18.9 Å². The van der Waals surface area contributed by atoms with Gasteiger partial charge in [0.2, 0.25) is 0 Å². The summed E-state index contributed by atoms with van der Waals surface area (Å²) in [5, 5.41) is 6.71. The zero-order valence-electron chi connectivity index (χ0n) is 23.6. The summed E-state index contributed by atoms with van der Waals surface area (Å²) in [4.78, 5) is 36.7. The van der Waals surface area contributed by atoms with E-state index < -0.39 is 74.2 Å². The van der Waals surface area contributed by atoms with E-state index in [4.69, 9.17) is 20.8 Å². The molecule has 1 aromatic heterocycles. The number of nitrogens with two attached hydrogens (primary N) is 2. The number of amides is 1. The first-order valence-electron chi connectivity index (χ1n) is 13.2. The summed E-state index contributed by atoms with van der Waals surface area (Å²) in [6.45, 7) is 3.16. The van der Waals surface area contributed by atoms with E-state index >= 15 is 4.39 Å². The number of ketones is 1. The number of fused-ring (bicyclic) bond motifs is 1. The first-order valence-corrected chi connectivity index (χ1v) is 15.0. The van der Waals surface area contributed by atoms with Crippen LogP contribution in [0.4, 0.5) is 23.2 Å². The number of Topliss-reactive ketones (excluding diaryl/α,β-unsaturated/α-hetero) is 1. The van der Waals surface area contributed by atoms with Gasteiger partial charge in [-0.05, 0) is 37.2 Å². The summed E-state index contributed by atoms with van der Waals surface area (Å²) in [7, 11) is -3.67. The van der Waals surface area contributed by atoms with E-state index in [2.05, 4.69) is 10.4 Å². The maximum Gasteiger partial charge on any atom is 0.435 e. The van der Waals surface area contributed by atoms with Gasteiger partial charge in [-0.15, -0.1) is 0 Å². The number of carbonyl (C=O) groups is 3. The van der Waals surface area contributed by atoms with Crippen molar-refractivity contribution >= 4 is 33.5 Å². The van der Waals surface area contributed by atoms with E-state index in [9.17, 15) is 36.0 Å². The number of alkyl halides is 3. The third-order valence-corrected chi connectivity index (χ3v) is 6.87. The lowest BCUT2D eigenvalue weighted by molar-refractivity contribution is -0.149. The smallest absolute Gasteiger partial charge is 0.435 e. The molecule has 0 radical (unpaired) electrons. The minimum absolute atomic E-state index is 0.00293. The number of aromatic nitrogens is 2. The summed E-state index contributed by atoms with van der Waals surface area (Å²) in [5.74, 6) is -3.51. The molecule has 2 atom stereocenters. The first kappa shape index (κ1) is 33.9. The van der Waals surface area contributed by atoms with E-state index in [1.807, 2.05) is 0 Å². The molecule has 17 heteroatoms. The van der Waals surface area contributed by atoms with Crippen LogP contribution in [0.25, 0.3) is 5.69 Å². The fourth-order valence-electron chi connectivity index (χ4n) is 5.26. The van der Waals surface area contributed by atoms with Gasteiger partial charge in [0, 0.05) is 12.5 Å². The van der Waals surface area contributed by atoms with Crippen molar-refractivity contribution in [2.75, 3.05) is 18.1 Å². The van der Waals surface area contributed by atoms with Gasteiger partial charge in [0.1, 0.15) is 11.9 Å². The van der Waals surface area contributed by atoms with E-state index in [0.29, 0.717) is 19.1 Å².